The Morgan fingerprint density at radius 3 is 2.19 bits per heavy atom. The molecule has 1 heterocycles. The first-order valence-corrected chi connectivity index (χ1v) is 9.49. The number of benzene rings is 3. The van der Waals surface area contributed by atoms with Crippen LogP contribution in [0.2, 0.25) is 5.02 Å². The van der Waals surface area contributed by atoms with Gasteiger partial charge in [-0.1, -0.05) is 23.7 Å². The van der Waals surface area contributed by atoms with Gasteiger partial charge in [-0.2, -0.15) is 0 Å². The summed E-state index contributed by atoms with van der Waals surface area (Å²) in [5.41, 5.74) is 1.75. The van der Waals surface area contributed by atoms with Gasteiger partial charge >= 0.3 is 0 Å². The molecule has 0 unspecified atom stereocenters. The molecule has 0 bridgehead atoms. The van der Waals surface area contributed by atoms with Crippen LogP contribution in [0.3, 0.4) is 0 Å². The minimum atomic E-state index is -0.535. The maximum Gasteiger partial charge on any atom is 0.269 e. The second-order valence-corrected chi connectivity index (χ2v) is 7.28. The largest absolute Gasteiger partial charge is 0.322 e. The Hall–Kier alpha value is -4.04. The second kappa shape index (κ2) is 7.66. The quantitative estimate of drug-likeness (QED) is 0.365. The van der Waals surface area contributed by atoms with Crippen molar-refractivity contribution in [3.05, 3.63) is 98.1 Å². The average Bonchev–Trinajstić information content (AvgIpc) is 2.99. The lowest BCUT2D eigenvalue weighted by atomic mass is 10.1. The summed E-state index contributed by atoms with van der Waals surface area (Å²) in [5, 5.41) is 13.6. The van der Waals surface area contributed by atoms with E-state index < -0.39 is 22.6 Å². The summed E-state index contributed by atoms with van der Waals surface area (Å²) in [6.45, 7) is 1.60. The number of nitro benzene ring substituents is 1. The van der Waals surface area contributed by atoms with E-state index in [2.05, 4.69) is 5.32 Å². The summed E-state index contributed by atoms with van der Waals surface area (Å²) >= 11 is 6.33. The number of halogens is 1. The van der Waals surface area contributed by atoms with Crippen LogP contribution >= 0.6 is 11.6 Å². The van der Waals surface area contributed by atoms with Gasteiger partial charge in [0, 0.05) is 23.4 Å². The Bertz CT molecular complexity index is 1250. The number of aryl methyl sites for hydroxylation is 1. The zero-order chi connectivity index (χ0) is 22.3. The molecule has 154 valence electrons. The smallest absolute Gasteiger partial charge is 0.269 e. The highest BCUT2D eigenvalue weighted by Crippen LogP contribution is 2.35. The molecular formula is C22H14ClN3O5. The molecule has 3 aromatic rings. The molecule has 4 rings (SSSR count). The molecule has 1 aliphatic rings. The van der Waals surface area contributed by atoms with Gasteiger partial charge in [-0.25, -0.2) is 4.90 Å². The van der Waals surface area contributed by atoms with Gasteiger partial charge in [0.15, 0.2) is 0 Å². The molecule has 1 aliphatic heterocycles. The van der Waals surface area contributed by atoms with Crippen molar-refractivity contribution in [2.45, 2.75) is 6.92 Å². The van der Waals surface area contributed by atoms with Crippen LogP contribution in [0.25, 0.3) is 0 Å². The predicted molar refractivity (Wildman–Crippen MR) is 115 cm³/mol. The zero-order valence-corrected chi connectivity index (χ0v) is 16.8. The van der Waals surface area contributed by atoms with E-state index in [4.69, 9.17) is 11.6 Å². The minimum Gasteiger partial charge on any atom is -0.322 e. The van der Waals surface area contributed by atoms with Gasteiger partial charge in [0.2, 0.25) is 0 Å². The van der Waals surface area contributed by atoms with Crippen LogP contribution < -0.4 is 10.2 Å². The van der Waals surface area contributed by atoms with Crippen LogP contribution in [-0.2, 0) is 0 Å². The van der Waals surface area contributed by atoms with Crippen LogP contribution in [-0.4, -0.2) is 22.6 Å². The van der Waals surface area contributed by atoms with Gasteiger partial charge in [0.05, 0.1) is 26.8 Å². The van der Waals surface area contributed by atoms with Crippen molar-refractivity contribution in [2.24, 2.45) is 0 Å². The molecule has 0 fully saturated rings. The number of carbonyl (C=O) groups is 3. The van der Waals surface area contributed by atoms with E-state index in [0.29, 0.717) is 22.4 Å². The molecule has 0 saturated carbocycles. The molecule has 0 aliphatic carbocycles. The van der Waals surface area contributed by atoms with Crippen LogP contribution in [0, 0.1) is 17.0 Å². The van der Waals surface area contributed by atoms with E-state index in [1.54, 1.807) is 31.2 Å². The second-order valence-electron chi connectivity index (χ2n) is 6.87. The predicted octanol–water partition coefficient (Wildman–Crippen LogP) is 4.61. The number of hydrogen-bond donors (Lipinski definition) is 1. The Morgan fingerprint density at radius 2 is 1.65 bits per heavy atom. The van der Waals surface area contributed by atoms with Gasteiger partial charge in [0.25, 0.3) is 23.4 Å². The lowest BCUT2D eigenvalue weighted by molar-refractivity contribution is -0.384. The lowest BCUT2D eigenvalue weighted by Crippen LogP contribution is -2.29. The molecule has 0 atom stereocenters. The van der Waals surface area contributed by atoms with E-state index >= 15 is 0 Å². The molecule has 0 spiro atoms. The Labute approximate surface area is 181 Å². The van der Waals surface area contributed by atoms with Crippen molar-refractivity contribution in [1.29, 1.82) is 0 Å². The molecule has 0 aromatic heterocycles. The fourth-order valence-electron chi connectivity index (χ4n) is 3.39. The summed E-state index contributed by atoms with van der Waals surface area (Å²) in [7, 11) is 0. The zero-order valence-electron chi connectivity index (χ0n) is 16.1. The Balaban J connectivity index is 1.58. The molecule has 3 amide bonds. The van der Waals surface area contributed by atoms with E-state index in [1.807, 2.05) is 0 Å². The standard InChI is InChI=1S/C22H14ClN3O5/c1-12-10-14(26(30)31)7-8-15(12)20(27)24-13-6-9-19(18(23)11-13)25-21(28)16-4-2-3-5-17(16)22(25)29/h2-11H,1H3,(H,24,27). The maximum atomic E-state index is 12.6. The lowest BCUT2D eigenvalue weighted by Gasteiger charge is -2.16. The fourth-order valence-corrected chi connectivity index (χ4v) is 3.65. The highest BCUT2D eigenvalue weighted by Gasteiger charge is 2.37. The van der Waals surface area contributed by atoms with Gasteiger partial charge in [0.1, 0.15) is 0 Å². The number of amides is 3. The molecule has 1 N–H and O–H groups in total. The van der Waals surface area contributed by atoms with Gasteiger partial charge in [-0.3, -0.25) is 24.5 Å². The summed E-state index contributed by atoms with van der Waals surface area (Å²) in [6.07, 6.45) is 0. The number of anilines is 2. The fraction of sp³-hybridized carbons (Fsp3) is 0.0455. The molecule has 31 heavy (non-hydrogen) atoms. The third kappa shape index (κ3) is 3.53. The number of nitrogens with zero attached hydrogens (tertiary/aromatic N) is 2. The molecule has 8 nitrogen and oxygen atoms in total. The number of rotatable bonds is 4. The van der Waals surface area contributed by atoms with E-state index in [0.717, 1.165) is 4.90 Å². The van der Waals surface area contributed by atoms with E-state index in [1.165, 1.54) is 36.4 Å². The number of non-ortho nitro benzene ring substituents is 1. The van der Waals surface area contributed by atoms with Gasteiger partial charge < -0.3 is 5.32 Å². The molecule has 9 heteroatoms. The third-order valence-electron chi connectivity index (χ3n) is 4.91. The minimum absolute atomic E-state index is 0.104. The highest BCUT2D eigenvalue weighted by atomic mass is 35.5. The third-order valence-corrected chi connectivity index (χ3v) is 5.21. The normalized spacial score (nSPS) is 12.6. The molecule has 3 aromatic carbocycles. The van der Waals surface area contributed by atoms with Crippen molar-refractivity contribution >= 4 is 46.4 Å². The monoisotopic (exact) mass is 435 g/mol. The molecule has 0 radical (unpaired) electrons. The number of nitrogens with one attached hydrogen (secondary N) is 1. The van der Waals surface area contributed by atoms with Crippen molar-refractivity contribution in [3.63, 3.8) is 0 Å². The number of hydrogen-bond acceptors (Lipinski definition) is 5. The van der Waals surface area contributed by atoms with E-state index in [9.17, 15) is 24.5 Å². The first kappa shape index (κ1) is 20.2. The SMILES string of the molecule is Cc1cc([N+](=O)[O-])ccc1C(=O)Nc1ccc(N2C(=O)c3ccccc3C2=O)c(Cl)c1. The molecular weight excluding hydrogens is 422 g/mol. The number of imide groups is 1. The Morgan fingerprint density at radius 1 is 1.00 bits per heavy atom. The first-order valence-electron chi connectivity index (χ1n) is 9.11. The topological polar surface area (TPSA) is 110 Å². The highest BCUT2D eigenvalue weighted by molar-refractivity contribution is 6.40. The summed E-state index contributed by atoms with van der Waals surface area (Å²) < 4.78 is 0. The summed E-state index contributed by atoms with van der Waals surface area (Å²) in [4.78, 5) is 49.2. The van der Waals surface area contributed by atoms with Crippen LogP contribution in [0.15, 0.2) is 60.7 Å². The van der Waals surface area contributed by atoms with Gasteiger partial charge in [-0.15, -0.1) is 0 Å². The Kier molecular flexibility index (Phi) is 5.00. The maximum absolute atomic E-state index is 12.6. The average molecular weight is 436 g/mol. The van der Waals surface area contributed by atoms with Crippen LogP contribution in [0.4, 0.5) is 17.1 Å². The number of carbonyl (C=O) groups excluding carboxylic acids is 3. The van der Waals surface area contributed by atoms with Gasteiger partial charge in [-0.05, 0) is 48.9 Å². The summed E-state index contributed by atoms with van der Waals surface area (Å²) in [6, 6.07) is 14.9. The van der Waals surface area contributed by atoms with Crippen LogP contribution in [0.5, 0.6) is 0 Å². The number of fused-ring (bicyclic) bond motifs is 1. The number of nitro groups is 1. The summed E-state index contributed by atoms with van der Waals surface area (Å²) in [5.74, 6) is -1.42. The van der Waals surface area contributed by atoms with Crippen molar-refractivity contribution in [1.82, 2.24) is 0 Å². The van der Waals surface area contributed by atoms with Crippen molar-refractivity contribution < 1.29 is 19.3 Å². The molecule has 0 saturated heterocycles. The van der Waals surface area contributed by atoms with Crippen LogP contribution in [0.1, 0.15) is 36.6 Å². The van der Waals surface area contributed by atoms with Crippen molar-refractivity contribution in [3.8, 4) is 0 Å². The van der Waals surface area contributed by atoms with Crippen molar-refractivity contribution in [2.75, 3.05) is 10.2 Å². The van der Waals surface area contributed by atoms with E-state index in [-0.39, 0.29) is 22.0 Å². The first-order chi connectivity index (χ1) is 14.8.